The predicted octanol–water partition coefficient (Wildman–Crippen LogP) is 4.89. The first-order valence-electron chi connectivity index (χ1n) is 7.20. The molecule has 1 aromatic heterocycles. The molecule has 0 unspecified atom stereocenters. The number of thiazole rings is 1. The van der Waals surface area contributed by atoms with Gasteiger partial charge in [-0.05, 0) is 25.1 Å². The van der Waals surface area contributed by atoms with Gasteiger partial charge in [0.25, 0.3) is 0 Å². The van der Waals surface area contributed by atoms with E-state index in [4.69, 9.17) is 0 Å². The lowest BCUT2D eigenvalue weighted by molar-refractivity contribution is 0.592. The molecule has 2 nitrogen and oxygen atoms in total. The second-order valence-corrected chi connectivity index (χ2v) is 14.1. The van der Waals surface area contributed by atoms with E-state index in [1.54, 1.807) is 0 Å². The fourth-order valence-corrected chi connectivity index (χ4v) is 5.91. The van der Waals surface area contributed by atoms with Gasteiger partial charge in [0.15, 0.2) is 0 Å². The zero-order valence-corrected chi connectivity index (χ0v) is 15.8. The number of hydrogen-bond donors (Lipinski definition) is 0. The summed E-state index contributed by atoms with van der Waals surface area (Å²) in [5.41, 5.74) is 1.28. The Labute approximate surface area is 136 Å². The van der Waals surface area contributed by atoms with Gasteiger partial charge in [0.05, 0.1) is 0 Å². The third-order valence-corrected chi connectivity index (χ3v) is 6.83. The Hall–Kier alpha value is -0.783. The molecule has 0 bridgehead atoms. The fourth-order valence-electron chi connectivity index (χ4n) is 2.32. The zero-order chi connectivity index (χ0) is 15.5. The van der Waals surface area contributed by atoms with E-state index < -0.39 is 8.07 Å². The first-order chi connectivity index (χ1) is 9.85. The lowest BCUT2D eigenvalue weighted by atomic mass is 10.2. The van der Waals surface area contributed by atoms with E-state index in [-0.39, 0.29) is 4.87 Å². The van der Waals surface area contributed by atoms with Crippen molar-refractivity contribution in [1.82, 2.24) is 4.57 Å². The van der Waals surface area contributed by atoms with Gasteiger partial charge in [-0.1, -0.05) is 48.7 Å². The number of thioether (sulfide) groups is 1. The maximum absolute atomic E-state index is 12.0. The Balaban J connectivity index is 2.11. The van der Waals surface area contributed by atoms with E-state index in [0.29, 0.717) is 6.04 Å². The van der Waals surface area contributed by atoms with E-state index in [1.807, 2.05) is 27.9 Å². The SMILES string of the molecule is Cc1ccc(SC[C@H](C[Si](C)(C)C)n2ccsc2=O)cc1. The molecule has 1 heterocycles. The third-order valence-electron chi connectivity index (χ3n) is 3.31. The molecule has 2 rings (SSSR count). The van der Waals surface area contributed by atoms with Crippen LogP contribution in [0.5, 0.6) is 0 Å². The number of rotatable bonds is 6. The van der Waals surface area contributed by atoms with Gasteiger partial charge in [-0.2, -0.15) is 0 Å². The molecule has 0 spiro atoms. The van der Waals surface area contributed by atoms with E-state index >= 15 is 0 Å². The van der Waals surface area contributed by atoms with Crippen LogP contribution in [0.1, 0.15) is 11.6 Å². The number of hydrogen-bond acceptors (Lipinski definition) is 3. The Morgan fingerprint density at radius 3 is 2.43 bits per heavy atom. The average Bonchev–Trinajstić information content (AvgIpc) is 2.81. The summed E-state index contributed by atoms with van der Waals surface area (Å²) in [4.78, 5) is 13.4. The highest BCUT2D eigenvalue weighted by molar-refractivity contribution is 7.99. The van der Waals surface area contributed by atoms with Crippen LogP contribution in [0.15, 0.2) is 45.5 Å². The second-order valence-electron chi connectivity index (χ2n) is 6.62. The molecular formula is C16H23NOS2Si. The van der Waals surface area contributed by atoms with Crippen LogP contribution in [0.4, 0.5) is 0 Å². The molecule has 0 aliphatic heterocycles. The van der Waals surface area contributed by atoms with Crippen molar-refractivity contribution in [3.05, 3.63) is 51.1 Å². The van der Waals surface area contributed by atoms with Crippen LogP contribution in [0.2, 0.25) is 25.7 Å². The van der Waals surface area contributed by atoms with Gasteiger partial charge in [0, 0.05) is 36.3 Å². The largest absolute Gasteiger partial charge is 0.307 e. The quantitative estimate of drug-likeness (QED) is 0.553. The van der Waals surface area contributed by atoms with Crippen molar-refractivity contribution in [1.29, 1.82) is 0 Å². The molecule has 0 amide bonds. The number of nitrogens with zero attached hydrogens (tertiary/aromatic N) is 1. The van der Waals surface area contributed by atoms with E-state index in [1.165, 1.54) is 21.8 Å². The van der Waals surface area contributed by atoms with Crippen LogP contribution in [0, 0.1) is 6.92 Å². The summed E-state index contributed by atoms with van der Waals surface area (Å²) in [7, 11) is -1.21. The Morgan fingerprint density at radius 2 is 1.90 bits per heavy atom. The average molecular weight is 338 g/mol. The minimum Gasteiger partial charge on any atom is -0.302 e. The van der Waals surface area contributed by atoms with Crippen LogP contribution >= 0.6 is 23.1 Å². The van der Waals surface area contributed by atoms with Crippen LogP contribution in [0.3, 0.4) is 0 Å². The standard InChI is InChI=1S/C16H23NOS2Si/c1-13-5-7-15(8-6-13)20-11-14(12-21(2,3)4)17-9-10-19-16(17)18/h5-10,14H,11-12H2,1-4H3/t14-/m1/s1. The molecule has 0 saturated carbocycles. The number of benzene rings is 1. The van der Waals surface area contributed by atoms with Gasteiger partial charge < -0.3 is 4.57 Å². The highest BCUT2D eigenvalue weighted by Gasteiger charge is 2.23. The van der Waals surface area contributed by atoms with Crippen LogP contribution in [-0.2, 0) is 0 Å². The monoisotopic (exact) mass is 337 g/mol. The molecule has 2 aromatic rings. The van der Waals surface area contributed by atoms with Gasteiger partial charge in [0.1, 0.15) is 0 Å². The van der Waals surface area contributed by atoms with Gasteiger partial charge in [-0.3, -0.25) is 4.79 Å². The van der Waals surface area contributed by atoms with Crippen molar-refractivity contribution in [2.24, 2.45) is 0 Å². The summed E-state index contributed by atoms with van der Waals surface area (Å²) in [5, 5.41) is 1.90. The molecule has 0 aliphatic rings. The molecule has 0 fully saturated rings. The van der Waals surface area contributed by atoms with Crippen LogP contribution in [0.25, 0.3) is 0 Å². The summed E-state index contributed by atoms with van der Waals surface area (Å²) in [6, 6.07) is 10.1. The molecule has 21 heavy (non-hydrogen) atoms. The Kier molecular flexibility index (Phi) is 5.52. The number of aromatic nitrogens is 1. The summed E-state index contributed by atoms with van der Waals surface area (Å²) >= 11 is 3.15. The molecule has 114 valence electrons. The third kappa shape index (κ3) is 5.16. The molecular weight excluding hydrogens is 314 g/mol. The molecule has 1 aromatic carbocycles. The zero-order valence-electron chi connectivity index (χ0n) is 13.1. The highest BCUT2D eigenvalue weighted by atomic mass is 32.2. The van der Waals surface area contributed by atoms with Crippen molar-refractivity contribution in [3.8, 4) is 0 Å². The highest BCUT2D eigenvalue weighted by Crippen LogP contribution is 2.28. The molecule has 1 atom stereocenters. The smallest absolute Gasteiger partial charge is 0.302 e. The normalized spacial score (nSPS) is 13.3. The van der Waals surface area contributed by atoms with E-state index in [0.717, 1.165) is 11.8 Å². The summed E-state index contributed by atoms with van der Waals surface area (Å²) in [5.74, 6) is 0.962. The van der Waals surface area contributed by atoms with Gasteiger partial charge in [-0.15, -0.1) is 11.8 Å². The first kappa shape index (κ1) is 16.6. The minimum absolute atomic E-state index is 0.169. The van der Waals surface area contributed by atoms with Gasteiger partial charge in [-0.25, -0.2) is 0 Å². The molecule has 0 N–H and O–H groups in total. The summed E-state index contributed by atoms with van der Waals surface area (Å²) < 4.78 is 1.93. The van der Waals surface area contributed by atoms with Crippen LogP contribution in [-0.4, -0.2) is 18.4 Å². The first-order valence-corrected chi connectivity index (χ1v) is 12.8. The van der Waals surface area contributed by atoms with Gasteiger partial charge in [0.2, 0.25) is 0 Å². The number of aryl methyl sites for hydroxylation is 1. The van der Waals surface area contributed by atoms with Crippen molar-refractivity contribution in [2.45, 2.75) is 43.5 Å². The van der Waals surface area contributed by atoms with Crippen molar-refractivity contribution >= 4 is 31.2 Å². The van der Waals surface area contributed by atoms with Crippen molar-refractivity contribution < 1.29 is 0 Å². The van der Waals surface area contributed by atoms with Crippen LogP contribution < -0.4 is 4.87 Å². The minimum atomic E-state index is -1.21. The molecule has 0 aliphatic carbocycles. The van der Waals surface area contributed by atoms with Crippen molar-refractivity contribution in [3.63, 3.8) is 0 Å². The summed E-state index contributed by atoms with van der Waals surface area (Å²) in [6.45, 7) is 9.21. The molecule has 5 heteroatoms. The maximum Gasteiger partial charge on any atom is 0.307 e. The topological polar surface area (TPSA) is 22.0 Å². The Bertz CT molecular complexity index is 625. The lowest BCUT2D eigenvalue weighted by Crippen LogP contribution is -2.30. The van der Waals surface area contributed by atoms with Gasteiger partial charge >= 0.3 is 4.87 Å². The predicted molar refractivity (Wildman–Crippen MR) is 97.7 cm³/mol. The van der Waals surface area contributed by atoms with Crippen molar-refractivity contribution in [2.75, 3.05) is 5.75 Å². The Morgan fingerprint density at radius 1 is 1.24 bits per heavy atom. The second kappa shape index (κ2) is 6.98. The molecule has 0 saturated heterocycles. The van der Waals surface area contributed by atoms with E-state index in [9.17, 15) is 4.79 Å². The molecule has 0 radical (unpaired) electrons. The lowest BCUT2D eigenvalue weighted by Gasteiger charge is -2.25. The van der Waals surface area contributed by atoms with E-state index in [2.05, 4.69) is 50.8 Å². The fraction of sp³-hybridized carbons (Fsp3) is 0.438. The summed E-state index contributed by atoms with van der Waals surface area (Å²) in [6.07, 6.45) is 1.95. The maximum atomic E-state index is 12.0.